The second-order valence-corrected chi connectivity index (χ2v) is 5.12. The Morgan fingerprint density at radius 1 is 1.04 bits per heavy atom. The van der Waals surface area contributed by atoms with Crippen LogP contribution in [0.4, 0.5) is 0 Å². The van der Waals surface area contributed by atoms with Crippen molar-refractivity contribution in [1.82, 2.24) is 0 Å². The number of carbonyl (C=O) groups is 3. The molecule has 0 saturated carbocycles. The molecular weight excluding hydrogens is 324 g/mol. The first-order valence-corrected chi connectivity index (χ1v) is 7.88. The van der Waals surface area contributed by atoms with E-state index in [4.69, 9.17) is 14.6 Å². The molecule has 6 nitrogen and oxygen atoms in total. The van der Waals surface area contributed by atoms with Crippen molar-refractivity contribution < 1.29 is 29.0 Å². The smallest absolute Gasteiger partial charge is 0.337 e. The lowest BCUT2D eigenvalue weighted by atomic mass is 10.2. The largest absolute Gasteiger partial charge is 0.478 e. The predicted molar refractivity (Wildman–Crippen MR) is 97.0 cm³/mol. The van der Waals surface area contributed by atoms with Crippen molar-refractivity contribution in [3.63, 3.8) is 0 Å². The van der Waals surface area contributed by atoms with Crippen LogP contribution in [0.25, 0.3) is 0 Å². The third-order valence-corrected chi connectivity index (χ3v) is 2.73. The minimum atomic E-state index is -0.975. The summed E-state index contributed by atoms with van der Waals surface area (Å²) >= 11 is 0. The Labute approximate surface area is 149 Å². The zero-order valence-electron chi connectivity index (χ0n) is 15.3. The normalized spacial score (nSPS) is 9.96. The minimum Gasteiger partial charge on any atom is -0.478 e. The summed E-state index contributed by atoms with van der Waals surface area (Å²) < 4.78 is 9.58. The number of carboxylic acid groups (broad SMARTS) is 1. The Bertz CT molecular complexity index is 528. The van der Waals surface area contributed by atoms with Crippen LogP contribution in [-0.4, -0.2) is 36.2 Å². The zero-order chi connectivity index (χ0) is 19.8. The first-order valence-electron chi connectivity index (χ1n) is 7.88. The van der Waals surface area contributed by atoms with Crippen LogP contribution in [0.1, 0.15) is 40.0 Å². The highest BCUT2D eigenvalue weighted by Crippen LogP contribution is 1.99. The lowest BCUT2D eigenvalue weighted by Crippen LogP contribution is -2.06. The van der Waals surface area contributed by atoms with Crippen LogP contribution in [0.15, 0.2) is 48.6 Å². The van der Waals surface area contributed by atoms with Crippen molar-refractivity contribution in [2.75, 3.05) is 13.2 Å². The van der Waals surface area contributed by atoms with E-state index in [-0.39, 0.29) is 23.7 Å². The number of unbranched alkanes of at least 4 members (excludes halogenated alkanes) is 1. The fourth-order valence-electron chi connectivity index (χ4n) is 1.12. The number of ether oxygens (including phenoxy) is 2. The summed E-state index contributed by atoms with van der Waals surface area (Å²) in [5, 5.41) is 8.51. The van der Waals surface area contributed by atoms with Gasteiger partial charge in [-0.3, -0.25) is 0 Å². The molecule has 0 saturated heterocycles. The average molecular weight is 352 g/mol. The summed E-state index contributed by atoms with van der Waals surface area (Å²) in [7, 11) is 0. The first kappa shape index (κ1) is 24.6. The van der Waals surface area contributed by atoms with E-state index in [0.717, 1.165) is 12.8 Å². The summed E-state index contributed by atoms with van der Waals surface area (Å²) in [5.41, 5.74) is 0.888. The van der Waals surface area contributed by atoms with Gasteiger partial charge in [-0.1, -0.05) is 45.2 Å². The molecule has 0 heterocycles. The molecule has 0 aliphatic heterocycles. The van der Waals surface area contributed by atoms with Gasteiger partial charge in [0.2, 0.25) is 0 Å². The van der Waals surface area contributed by atoms with Crippen molar-refractivity contribution in [3.8, 4) is 0 Å². The quantitative estimate of drug-likeness (QED) is 0.280. The van der Waals surface area contributed by atoms with Crippen LogP contribution in [-0.2, 0) is 23.9 Å². The summed E-state index contributed by atoms with van der Waals surface area (Å²) in [4.78, 5) is 32.1. The van der Waals surface area contributed by atoms with Crippen LogP contribution in [0.2, 0.25) is 0 Å². The topological polar surface area (TPSA) is 89.9 Å². The molecule has 6 heteroatoms. The van der Waals surface area contributed by atoms with Crippen LogP contribution >= 0.6 is 0 Å². The van der Waals surface area contributed by atoms with Crippen LogP contribution < -0.4 is 0 Å². The molecule has 0 atom stereocenters. The van der Waals surface area contributed by atoms with Gasteiger partial charge >= 0.3 is 17.9 Å². The van der Waals surface area contributed by atoms with Gasteiger partial charge < -0.3 is 14.6 Å². The SMILES string of the molecule is C=C(C)C(=O)OCCCC.C=CC(=C)C(=O)OCCC=C(C)C(=O)O. The molecule has 0 fully saturated rings. The average Bonchev–Trinajstić information content (AvgIpc) is 2.57. The maximum Gasteiger partial charge on any atom is 0.337 e. The van der Waals surface area contributed by atoms with Gasteiger partial charge in [0.15, 0.2) is 0 Å². The number of rotatable bonds is 10. The highest BCUT2D eigenvalue weighted by molar-refractivity contribution is 5.90. The Morgan fingerprint density at radius 2 is 1.60 bits per heavy atom. The molecule has 1 N–H and O–H groups in total. The molecule has 0 amide bonds. The Morgan fingerprint density at radius 3 is 2.04 bits per heavy atom. The Hall–Kier alpha value is -2.63. The first-order chi connectivity index (χ1) is 11.7. The van der Waals surface area contributed by atoms with Crippen molar-refractivity contribution in [1.29, 1.82) is 0 Å². The van der Waals surface area contributed by atoms with Crippen molar-refractivity contribution >= 4 is 17.9 Å². The van der Waals surface area contributed by atoms with Gasteiger partial charge in [0, 0.05) is 17.6 Å². The van der Waals surface area contributed by atoms with Gasteiger partial charge in [-0.2, -0.15) is 0 Å². The fourth-order valence-corrected chi connectivity index (χ4v) is 1.12. The number of carbonyl (C=O) groups excluding carboxylic acids is 2. The molecule has 0 aromatic rings. The molecule has 0 unspecified atom stereocenters. The van der Waals surface area contributed by atoms with Gasteiger partial charge in [-0.15, -0.1) is 0 Å². The number of esters is 2. The maximum absolute atomic E-state index is 11.0. The van der Waals surface area contributed by atoms with E-state index in [1.807, 2.05) is 0 Å². The van der Waals surface area contributed by atoms with E-state index in [2.05, 4.69) is 26.7 Å². The third kappa shape index (κ3) is 14.7. The second-order valence-electron chi connectivity index (χ2n) is 5.12. The minimum absolute atomic E-state index is 0.135. The number of carboxylic acids is 1. The van der Waals surface area contributed by atoms with Crippen LogP contribution in [0, 0.1) is 0 Å². The molecular formula is C19H28O6. The van der Waals surface area contributed by atoms with E-state index in [0.29, 0.717) is 18.6 Å². The van der Waals surface area contributed by atoms with Gasteiger partial charge in [-0.05, 0) is 20.3 Å². The van der Waals surface area contributed by atoms with E-state index < -0.39 is 11.9 Å². The van der Waals surface area contributed by atoms with Crippen molar-refractivity contribution in [2.24, 2.45) is 0 Å². The van der Waals surface area contributed by atoms with Crippen molar-refractivity contribution in [2.45, 2.75) is 40.0 Å². The molecule has 0 radical (unpaired) electrons. The Balaban J connectivity index is 0. The summed E-state index contributed by atoms with van der Waals surface area (Å²) in [6.07, 6.45) is 5.14. The lowest BCUT2D eigenvalue weighted by Gasteiger charge is -2.01. The van der Waals surface area contributed by atoms with Crippen LogP contribution in [0.5, 0.6) is 0 Å². The number of hydrogen-bond acceptors (Lipinski definition) is 5. The number of aliphatic carboxylic acids is 1. The van der Waals surface area contributed by atoms with E-state index >= 15 is 0 Å². The van der Waals surface area contributed by atoms with E-state index in [1.54, 1.807) is 6.92 Å². The summed E-state index contributed by atoms with van der Waals surface area (Å²) in [6, 6.07) is 0. The molecule has 0 aromatic carbocycles. The zero-order valence-corrected chi connectivity index (χ0v) is 15.3. The maximum atomic E-state index is 11.0. The highest BCUT2D eigenvalue weighted by Gasteiger charge is 2.04. The van der Waals surface area contributed by atoms with E-state index in [9.17, 15) is 14.4 Å². The molecule has 25 heavy (non-hydrogen) atoms. The molecule has 0 bridgehead atoms. The highest BCUT2D eigenvalue weighted by atomic mass is 16.5. The molecule has 0 spiro atoms. The number of hydrogen-bond donors (Lipinski definition) is 1. The molecule has 140 valence electrons. The van der Waals surface area contributed by atoms with Crippen molar-refractivity contribution in [3.05, 3.63) is 48.6 Å². The lowest BCUT2D eigenvalue weighted by molar-refractivity contribution is -0.139. The van der Waals surface area contributed by atoms with E-state index in [1.165, 1.54) is 19.1 Å². The third-order valence-electron chi connectivity index (χ3n) is 2.73. The van der Waals surface area contributed by atoms with Crippen LogP contribution in [0.3, 0.4) is 0 Å². The fraction of sp³-hybridized carbons (Fsp3) is 0.421. The molecule has 0 rings (SSSR count). The van der Waals surface area contributed by atoms with Gasteiger partial charge in [-0.25, -0.2) is 14.4 Å². The molecule has 0 aliphatic rings. The van der Waals surface area contributed by atoms with Gasteiger partial charge in [0.1, 0.15) is 0 Å². The van der Waals surface area contributed by atoms with Gasteiger partial charge in [0.05, 0.1) is 18.8 Å². The standard InChI is InChI=1S/C11H14O4.C8H14O2/c1-4-8(2)11(14)15-7-5-6-9(3)10(12)13;1-4-5-6-10-8(9)7(2)3/h4,6H,1-2,5,7H2,3H3,(H,12,13);2,4-6H2,1,3H3. The van der Waals surface area contributed by atoms with Gasteiger partial charge in [0.25, 0.3) is 0 Å². The second kappa shape index (κ2) is 14.9. The molecule has 0 aliphatic carbocycles. The Kier molecular flexibility index (Phi) is 14.7. The summed E-state index contributed by atoms with van der Waals surface area (Å²) in [6.45, 7) is 16.1. The molecule has 0 aromatic heterocycles. The monoisotopic (exact) mass is 352 g/mol. The predicted octanol–water partition coefficient (Wildman–Crippen LogP) is 3.60. The summed E-state index contributed by atoms with van der Waals surface area (Å²) in [5.74, 6) is -1.79.